The van der Waals surface area contributed by atoms with Crippen molar-refractivity contribution in [2.75, 3.05) is 12.4 Å². The largest absolute Gasteiger partial charge is 0.388 e. The Morgan fingerprint density at radius 3 is 3.00 bits per heavy atom. The number of unbranched alkanes of at least 4 members (excludes halogenated alkanes) is 1. The molecule has 0 bridgehead atoms. The van der Waals surface area contributed by atoms with E-state index in [1.54, 1.807) is 0 Å². The first-order chi connectivity index (χ1) is 5.86. The predicted octanol–water partition coefficient (Wildman–Crippen LogP) is 2.47. The summed E-state index contributed by atoms with van der Waals surface area (Å²) in [5.74, 6) is 0. The van der Waals surface area contributed by atoms with E-state index in [1.165, 1.54) is 18.5 Å². The van der Waals surface area contributed by atoms with E-state index >= 15 is 0 Å². The van der Waals surface area contributed by atoms with Crippen LogP contribution < -0.4 is 5.32 Å². The van der Waals surface area contributed by atoms with Gasteiger partial charge in [-0.3, -0.25) is 4.98 Å². The van der Waals surface area contributed by atoms with Gasteiger partial charge in [-0.2, -0.15) is 0 Å². The highest BCUT2D eigenvalue weighted by atomic mass is 14.8. The van der Waals surface area contributed by atoms with E-state index in [9.17, 15) is 0 Å². The van der Waals surface area contributed by atoms with E-state index in [-0.39, 0.29) is 0 Å². The Morgan fingerprint density at radius 1 is 1.50 bits per heavy atom. The SMILES string of the molecule is CCCCc1cc(NC)ccn1. The first kappa shape index (κ1) is 9.04. The summed E-state index contributed by atoms with van der Waals surface area (Å²) in [6.45, 7) is 2.20. The lowest BCUT2D eigenvalue weighted by Gasteiger charge is -2.02. The maximum absolute atomic E-state index is 4.28. The van der Waals surface area contributed by atoms with Gasteiger partial charge < -0.3 is 5.32 Å². The number of rotatable bonds is 4. The minimum absolute atomic E-state index is 1.09. The fourth-order valence-corrected chi connectivity index (χ4v) is 1.13. The third kappa shape index (κ3) is 2.53. The monoisotopic (exact) mass is 164 g/mol. The molecule has 0 unspecified atom stereocenters. The number of nitrogens with one attached hydrogen (secondary N) is 1. The van der Waals surface area contributed by atoms with Crippen LogP contribution in [0.25, 0.3) is 0 Å². The topological polar surface area (TPSA) is 24.9 Å². The Balaban J connectivity index is 2.60. The molecule has 2 nitrogen and oxygen atoms in total. The Bertz CT molecular complexity index is 233. The van der Waals surface area contributed by atoms with E-state index in [0.29, 0.717) is 0 Å². The normalized spacial score (nSPS) is 9.83. The van der Waals surface area contributed by atoms with Crippen LogP contribution in [-0.2, 0) is 6.42 Å². The van der Waals surface area contributed by atoms with Crippen molar-refractivity contribution < 1.29 is 0 Å². The van der Waals surface area contributed by atoms with Gasteiger partial charge >= 0.3 is 0 Å². The summed E-state index contributed by atoms with van der Waals surface area (Å²) in [6.07, 6.45) is 5.40. The minimum Gasteiger partial charge on any atom is -0.388 e. The zero-order valence-electron chi connectivity index (χ0n) is 7.80. The van der Waals surface area contributed by atoms with Crippen molar-refractivity contribution in [2.45, 2.75) is 26.2 Å². The minimum atomic E-state index is 1.09. The van der Waals surface area contributed by atoms with E-state index < -0.39 is 0 Å². The van der Waals surface area contributed by atoms with Gasteiger partial charge in [-0.05, 0) is 25.0 Å². The fourth-order valence-electron chi connectivity index (χ4n) is 1.13. The third-order valence-corrected chi connectivity index (χ3v) is 1.89. The van der Waals surface area contributed by atoms with E-state index in [2.05, 4.69) is 23.3 Å². The molecule has 0 amide bonds. The number of hydrogen-bond acceptors (Lipinski definition) is 2. The fraction of sp³-hybridized carbons (Fsp3) is 0.500. The number of aryl methyl sites for hydroxylation is 1. The molecule has 1 aromatic rings. The molecule has 0 saturated carbocycles. The molecule has 1 N–H and O–H groups in total. The molecule has 12 heavy (non-hydrogen) atoms. The molecule has 0 aliphatic rings. The standard InChI is InChI=1S/C10H16N2/c1-3-4-5-10-8-9(11-2)6-7-12-10/h6-8H,3-5H2,1-2H3,(H,11,12). The molecule has 0 fully saturated rings. The molecule has 1 rings (SSSR count). The van der Waals surface area contributed by atoms with Crippen molar-refractivity contribution in [2.24, 2.45) is 0 Å². The smallest absolute Gasteiger partial charge is 0.0424 e. The first-order valence-corrected chi connectivity index (χ1v) is 4.49. The van der Waals surface area contributed by atoms with Gasteiger partial charge in [0.1, 0.15) is 0 Å². The second-order valence-corrected chi connectivity index (χ2v) is 2.89. The average molecular weight is 164 g/mol. The molecule has 1 aromatic heterocycles. The summed E-state index contributed by atoms with van der Waals surface area (Å²) in [6, 6.07) is 4.09. The molecule has 0 aliphatic heterocycles. The van der Waals surface area contributed by atoms with Crippen molar-refractivity contribution in [1.82, 2.24) is 4.98 Å². The molecular weight excluding hydrogens is 148 g/mol. The van der Waals surface area contributed by atoms with Crippen LogP contribution in [0, 0.1) is 0 Å². The van der Waals surface area contributed by atoms with Crippen LogP contribution in [-0.4, -0.2) is 12.0 Å². The predicted molar refractivity (Wildman–Crippen MR) is 52.4 cm³/mol. The van der Waals surface area contributed by atoms with Crippen LogP contribution in [0.15, 0.2) is 18.3 Å². The van der Waals surface area contributed by atoms with E-state index in [1.807, 2.05) is 19.3 Å². The van der Waals surface area contributed by atoms with Gasteiger partial charge in [-0.25, -0.2) is 0 Å². The number of pyridine rings is 1. The summed E-state index contributed by atoms with van der Waals surface area (Å²) < 4.78 is 0. The summed E-state index contributed by atoms with van der Waals surface area (Å²) in [4.78, 5) is 4.28. The molecule has 66 valence electrons. The van der Waals surface area contributed by atoms with Crippen molar-refractivity contribution in [1.29, 1.82) is 0 Å². The molecular formula is C10H16N2. The van der Waals surface area contributed by atoms with Gasteiger partial charge in [0.05, 0.1) is 0 Å². The lowest BCUT2D eigenvalue weighted by atomic mass is 10.2. The van der Waals surface area contributed by atoms with Gasteiger partial charge in [0.15, 0.2) is 0 Å². The lowest BCUT2D eigenvalue weighted by Crippen LogP contribution is -1.93. The van der Waals surface area contributed by atoms with E-state index in [4.69, 9.17) is 0 Å². The maximum Gasteiger partial charge on any atom is 0.0424 e. The molecule has 0 aliphatic carbocycles. The Hall–Kier alpha value is -1.05. The van der Waals surface area contributed by atoms with Crippen LogP contribution in [0.5, 0.6) is 0 Å². The maximum atomic E-state index is 4.28. The second-order valence-electron chi connectivity index (χ2n) is 2.89. The highest BCUT2D eigenvalue weighted by Gasteiger charge is 1.94. The molecule has 0 aromatic carbocycles. The highest BCUT2D eigenvalue weighted by molar-refractivity contribution is 5.42. The zero-order valence-corrected chi connectivity index (χ0v) is 7.80. The summed E-state index contributed by atoms with van der Waals surface area (Å²) in [5.41, 5.74) is 2.33. The van der Waals surface area contributed by atoms with Crippen molar-refractivity contribution >= 4 is 5.69 Å². The number of aromatic nitrogens is 1. The van der Waals surface area contributed by atoms with Crippen molar-refractivity contribution in [3.8, 4) is 0 Å². The van der Waals surface area contributed by atoms with Crippen LogP contribution >= 0.6 is 0 Å². The van der Waals surface area contributed by atoms with Gasteiger partial charge in [0, 0.05) is 24.6 Å². The van der Waals surface area contributed by atoms with Crippen LogP contribution in [0.2, 0.25) is 0 Å². The summed E-state index contributed by atoms with van der Waals surface area (Å²) >= 11 is 0. The van der Waals surface area contributed by atoms with E-state index in [0.717, 1.165) is 12.1 Å². The van der Waals surface area contributed by atoms with Gasteiger partial charge in [0.2, 0.25) is 0 Å². The van der Waals surface area contributed by atoms with Crippen LogP contribution in [0.3, 0.4) is 0 Å². The Morgan fingerprint density at radius 2 is 2.33 bits per heavy atom. The quantitative estimate of drug-likeness (QED) is 0.739. The van der Waals surface area contributed by atoms with Crippen LogP contribution in [0.4, 0.5) is 5.69 Å². The van der Waals surface area contributed by atoms with Crippen molar-refractivity contribution in [3.63, 3.8) is 0 Å². The lowest BCUT2D eigenvalue weighted by molar-refractivity contribution is 0.777. The zero-order chi connectivity index (χ0) is 8.81. The molecule has 0 atom stereocenters. The van der Waals surface area contributed by atoms with Gasteiger partial charge in [-0.1, -0.05) is 13.3 Å². The van der Waals surface area contributed by atoms with Crippen molar-refractivity contribution in [3.05, 3.63) is 24.0 Å². The molecule has 1 heterocycles. The second kappa shape index (κ2) is 4.75. The highest BCUT2D eigenvalue weighted by Crippen LogP contribution is 2.08. The van der Waals surface area contributed by atoms with Gasteiger partial charge in [-0.15, -0.1) is 0 Å². The van der Waals surface area contributed by atoms with Gasteiger partial charge in [0.25, 0.3) is 0 Å². The third-order valence-electron chi connectivity index (χ3n) is 1.89. The summed E-state index contributed by atoms with van der Waals surface area (Å²) in [7, 11) is 1.93. The molecule has 0 radical (unpaired) electrons. The number of nitrogens with zero attached hydrogens (tertiary/aromatic N) is 1. The number of anilines is 1. The molecule has 0 spiro atoms. The van der Waals surface area contributed by atoms with Crippen LogP contribution in [0.1, 0.15) is 25.5 Å². The first-order valence-electron chi connectivity index (χ1n) is 4.49. The Labute approximate surface area is 74.0 Å². The Kier molecular flexibility index (Phi) is 3.58. The molecule has 0 saturated heterocycles. The number of hydrogen-bond donors (Lipinski definition) is 1. The summed E-state index contributed by atoms with van der Waals surface area (Å²) in [5, 5.41) is 3.10. The average Bonchev–Trinajstić information content (AvgIpc) is 2.15. The molecule has 2 heteroatoms.